The van der Waals surface area contributed by atoms with Gasteiger partial charge in [-0.3, -0.25) is 9.88 Å². The van der Waals surface area contributed by atoms with E-state index in [0.29, 0.717) is 0 Å². The highest BCUT2D eigenvalue weighted by Gasteiger charge is 2.29. The van der Waals surface area contributed by atoms with Crippen LogP contribution in [0.25, 0.3) is 12.2 Å². The van der Waals surface area contributed by atoms with Crippen molar-refractivity contribution >= 4 is 23.8 Å². The number of hydrogen-bond acceptors (Lipinski definition) is 3. The normalized spacial score (nSPS) is 21.0. The van der Waals surface area contributed by atoms with Crippen molar-refractivity contribution in [2.75, 3.05) is 26.2 Å². The summed E-state index contributed by atoms with van der Waals surface area (Å²) < 4.78 is 0. The average Bonchev–Trinajstić information content (AvgIpc) is 2.72. The van der Waals surface area contributed by atoms with Crippen LogP contribution in [0.3, 0.4) is 0 Å². The lowest BCUT2D eigenvalue weighted by Gasteiger charge is -2.35. The highest BCUT2D eigenvalue weighted by Crippen LogP contribution is 2.36. The Morgan fingerprint density at radius 2 is 1.91 bits per heavy atom. The summed E-state index contributed by atoms with van der Waals surface area (Å²) in [6, 6.07) is 10.5. The lowest BCUT2D eigenvalue weighted by Crippen LogP contribution is -2.45. The first-order valence-electron chi connectivity index (χ1n) is 7.70. The number of piperazine rings is 1. The van der Waals surface area contributed by atoms with Gasteiger partial charge in [-0.05, 0) is 34.9 Å². The van der Waals surface area contributed by atoms with Crippen LogP contribution in [-0.2, 0) is 0 Å². The molecule has 1 aliphatic carbocycles. The van der Waals surface area contributed by atoms with Crippen molar-refractivity contribution in [3.63, 3.8) is 0 Å². The molecule has 1 aromatic carbocycles. The van der Waals surface area contributed by atoms with E-state index in [1.54, 1.807) is 0 Å². The number of rotatable bonds is 1. The van der Waals surface area contributed by atoms with Gasteiger partial charge in [0, 0.05) is 37.4 Å². The lowest BCUT2D eigenvalue weighted by molar-refractivity contribution is 0.195. The third-order valence-electron chi connectivity index (χ3n) is 4.43. The van der Waals surface area contributed by atoms with E-state index in [9.17, 15) is 0 Å². The third kappa shape index (κ3) is 2.45. The molecule has 4 rings (SSSR count). The van der Waals surface area contributed by atoms with E-state index in [1.165, 1.54) is 16.7 Å². The largest absolute Gasteiger partial charge is 0.314 e. The molecule has 22 heavy (non-hydrogen) atoms. The van der Waals surface area contributed by atoms with Crippen LogP contribution in [0.2, 0.25) is 5.02 Å². The van der Waals surface area contributed by atoms with Crippen molar-refractivity contribution in [1.29, 1.82) is 0 Å². The molecule has 1 N–H and O–H groups in total. The second-order valence-corrected chi connectivity index (χ2v) is 6.21. The molecule has 1 fully saturated rings. The van der Waals surface area contributed by atoms with E-state index in [4.69, 9.17) is 16.6 Å². The number of nitrogens with zero attached hydrogens (tertiary/aromatic N) is 2. The molecule has 1 atom stereocenters. The molecule has 2 heterocycles. The van der Waals surface area contributed by atoms with Crippen LogP contribution in [0.5, 0.6) is 0 Å². The molecule has 2 aromatic rings. The minimum absolute atomic E-state index is 0.195. The number of nitrogens with one attached hydrogen (secondary N) is 1. The Hall–Kier alpha value is -1.68. The van der Waals surface area contributed by atoms with Gasteiger partial charge >= 0.3 is 0 Å². The molecule has 3 nitrogen and oxygen atoms in total. The number of halogens is 1. The van der Waals surface area contributed by atoms with Gasteiger partial charge in [0.25, 0.3) is 0 Å². The minimum Gasteiger partial charge on any atom is -0.314 e. The predicted octanol–water partition coefficient (Wildman–Crippen LogP) is 3.21. The standard InChI is InChI=1S/C18H18ClN3/c19-15-5-6-16-14(12-15)4-3-13-2-1-7-21-17(13)18(16)22-10-8-20-9-11-22/h1-7,12,18,20H,8-11H2. The number of benzene rings is 1. The van der Waals surface area contributed by atoms with E-state index in [2.05, 4.69) is 40.6 Å². The second-order valence-electron chi connectivity index (χ2n) is 5.77. The van der Waals surface area contributed by atoms with Crippen LogP contribution in [0, 0.1) is 0 Å². The van der Waals surface area contributed by atoms with Gasteiger partial charge in [-0.2, -0.15) is 0 Å². The third-order valence-corrected chi connectivity index (χ3v) is 4.67. The fourth-order valence-electron chi connectivity index (χ4n) is 3.38. The van der Waals surface area contributed by atoms with Crippen molar-refractivity contribution in [2.24, 2.45) is 0 Å². The Bertz CT molecular complexity index is 720. The number of fused-ring (bicyclic) bond motifs is 2. The summed E-state index contributed by atoms with van der Waals surface area (Å²) >= 11 is 6.20. The second kappa shape index (κ2) is 5.84. The van der Waals surface area contributed by atoms with Gasteiger partial charge in [-0.25, -0.2) is 0 Å². The number of hydrogen-bond donors (Lipinski definition) is 1. The van der Waals surface area contributed by atoms with Crippen LogP contribution in [0.4, 0.5) is 0 Å². The SMILES string of the molecule is Clc1ccc2c(c1)C=Cc1cccnc1C2N1CCNCC1. The van der Waals surface area contributed by atoms with E-state index >= 15 is 0 Å². The van der Waals surface area contributed by atoms with Gasteiger partial charge in [-0.1, -0.05) is 35.9 Å². The van der Waals surface area contributed by atoms with Gasteiger partial charge in [0.15, 0.2) is 0 Å². The van der Waals surface area contributed by atoms with E-state index in [0.717, 1.165) is 36.9 Å². The first-order chi connectivity index (χ1) is 10.8. The first-order valence-corrected chi connectivity index (χ1v) is 8.08. The maximum absolute atomic E-state index is 6.20. The zero-order valence-electron chi connectivity index (χ0n) is 12.3. The summed E-state index contributed by atoms with van der Waals surface area (Å²) in [6.45, 7) is 4.11. The van der Waals surface area contributed by atoms with Crippen molar-refractivity contribution in [3.8, 4) is 0 Å². The first kappa shape index (κ1) is 13.9. The minimum atomic E-state index is 0.195. The molecule has 0 bridgehead atoms. The monoisotopic (exact) mass is 311 g/mol. The summed E-state index contributed by atoms with van der Waals surface area (Å²) in [5.74, 6) is 0. The van der Waals surface area contributed by atoms with Gasteiger partial charge in [-0.15, -0.1) is 0 Å². The van der Waals surface area contributed by atoms with Crippen LogP contribution in [0.1, 0.15) is 28.4 Å². The Morgan fingerprint density at radius 1 is 1.09 bits per heavy atom. The lowest BCUT2D eigenvalue weighted by atomic mass is 9.96. The number of aromatic nitrogens is 1. The van der Waals surface area contributed by atoms with Crippen LogP contribution < -0.4 is 5.32 Å². The summed E-state index contributed by atoms with van der Waals surface area (Å²) in [4.78, 5) is 7.23. The van der Waals surface area contributed by atoms with E-state index in [1.807, 2.05) is 18.3 Å². The molecule has 1 unspecified atom stereocenters. The van der Waals surface area contributed by atoms with Crippen molar-refractivity contribution in [1.82, 2.24) is 15.2 Å². The molecule has 1 saturated heterocycles. The quantitative estimate of drug-likeness (QED) is 0.876. The smallest absolute Gasteiger partial charge is 0.0789 e. The Balaban J connectivity index is 1.89. The van der Waals surface area contributed by atoms with Crippen molar-refractivity contribution < 1.29 is 0 Å². The molecular weight excluding hydrogens is 294 g/mol. The zero-order valence-corrected chi connectivity index (χ0v) is 13.1. The van der Waals surface area contributed by atoms with Gasteiger partial charge in [0.05, 0.1) is 11.7 Å². The summed E-state index contributed by atoms with van der Waals surface area (Å²) in [6.07, 6.45) is 6.20. The molecule has 112 valence electrons. The molecule has 0 saturated carbocycles. The molecule has 4 heteroatoms. The van der Waals surface area contributed by atoms with Crippen LogP contribution in [0.15, 0.2) is 36.5 Å². The summed E-state index contributed by atoms with van der Waals surface area (Å²) in [5.41, 5.74) is 4.81. The fraction of sp³-hybridized carbons (Fsp3) is 0.278. The van der Waals surface area contributed by atoms with E-state index in [-0.39, 0.29) is 6.04 Å². The zero-order chi connectivity index (χ0) is 14.9. The van der Waals surface area contributed by atoms with Gasteiger partial charge in [0.1, 0.15) is 0 Å². The van der Waals surface area contributed by atoms with Gasteiger partial charge < -0.3 is 5.32 Å². The van der Waals surface area contributed by atoms with Crippen LogP contribution in [-0.4, -0.2) is 36.1 Å². The molecule has 0 spiro atoms. The summed E-state index contributed by atoms with van der Waals surface area (Å²) in [7, 11) is 0. The van der Waals surface area contributed by atoms with Gasteiger partial charge in [0.2, 0.25) is 0 Å². The molecule has 0 radical (unpaired) electrons. The molecule has 1 aliphatic heterocycles. The molecular formula is C18H18ClN3. The molecule has 1 aromatic heterocycles. The molecule has 0 amide bonds. The highest BCUT2D eigenvalue weighted by atomic mass is 35.5. The maximum atomic E-state index is 6.20. The topological polar surface area (TPSA) is 28.2 Å². The van der Waals surface area contributed by atoms with Crippen molar-refractivity contribution in [3.05, 3.63) is 63.9 Å². The Morgan fingerprint density at radius 3 is 2.77 bits per heavy atom. The fourth-order valence-corrected chi connectivity index (χ4v) is 3.56. The highest BCUT2D eigenvalue weighted by molar-refractivity contribution is 6.30. The summed E-state index contributed by atoms with van der Waals surface area (Å²) in [5, 5.41) is 4.21. The number of pyridine rings is 1. The Kier molecular flexibility index (Phi) is 3.70. The molecule has 2 aliphatic rings. The Labute approximate surface area is 135 Å². The average molecular weight is 312 g/mol. The van der Waals surface area contributed by atoms with Crippen molar-refractivity contribution in [2.45, 2.75) is 6.04 Å². The van der Waals surface area contributed by atoms with E-state index < -0.39 is 0 Å². The van der Waals surface area contributed by atoms with Crippen LogP contribution >= 0.6 is 11.6 Å². The predicted molar refractivity (Wildman–Crippen MR) is 90.9 cm³/mol. The maximum Gasteiger partial charge on any atom is 0.0789 e.